The van der Waals surface area contributed by atoms with Crippen molar-refractivity contribution in [3.05, 3.63) is 35.6 Å². The van der Waals surface area contributed by atoms with E-state index in [1.165, 1.54) is 12.1 Å². The largest absolute Gasteiger partial charge is 0.396 e. The van der Waals surface area contributed by atoms with E-state index in [0.717, 1.165) is 24.6 Å². The number of rotatable bonds is 5. The number of benzene rings is 1. The van der Waals surface area contributed by atoms with Gasteiger partial charge in [0, 0.05) is 26.2 Å². The van der Waals surface area contributed by atoms with Crippen LogP contribution in [0.3, 0.4) is 0 Å². The third kappa shape index (κ3) is 6.71. The van der Waals surface area contributed by atoms with E-state index in [0.29, 0.717) is 13.1 Å². The summed E-state index contributed by atoms with van der Waals surface area (Å²) in [5.41, 5.74) is 0.965. The van der Waals surface area contributed by atoms with Crippen molar-refractivity contribution in [3.8, 4) is 0 Å². The number of halogens is 2. The van der Waals surface area contributed by atoms with Crippen molar-refractivity contribution in [1.82, 2.24) is 10.2 Å². The first-order chi connectivity index (χ1) is 11.5. The average Bonchev–Trinajstić information content (AvgIpc) is 2.58. The fourth-order valence-electron chi connectivity index (χ4n) is 2.71. The minimum Gasteiger partial charge on any atom is -0.396 e. The van der Waals surface area contributed by atoms with Crippen molar-refractivity contribution in [2.24, 2.45) is 10.9 Å². The highest BCUT2D eigenvalue weighted by atomic mass is 127. The van der Waals surface area contributed by atoms with E-state index in [1.54, 1.807) is 12.1 Å². The van der Waals surface area contributed by atoms with E-state index < -0.39 is 0 Å². The minimum absolute atomic E-state index is 0. The summed E-state index contributed by atoms with van der Waals surface area (Å²) >= 11 is 0. The molecule has 5 nitrogen and oxygen atoms in total. The number of hydrogen-bond acceptors (Lipinski definition) is 3. The van der Waals surface area contributed by atoms with Gasteiger partial charge >= 0.3 is 0 Å². The Hall–Kier alpha value is -0.930. The topological polar surface area (TPSA) is 57.1 Å². The highest BCUT2D eigenvalue weighted by Gasteiger charge is 2.28. The molecule has 0 saturated carbocycles. The molecule has 0 aliphatic carbocycles. The quantitative estimate of drug-likeness (QED) is 0.399. The fourth-order valence-corrected chi connectivity index (χ4v) is 2.71. The second kappa shape index (κ2) is 10.9. The summed E-state index contributed by atoms with van der Waals surface area (Å²) < 4.78 is 19.2. The van der Waals surface area contributed by atoms with Crippen LogP contribution in [0.2, 0.25) is 0 Å². The molecule has 0 bridgehead atoms. The van der Waals surface area contributed by atoms with Gasteiger partial charge in [0.2, 0.25) is 0 Å². The molecule has 0 spiro atoms. The number of ether oxygens (including phenoxy) is 1. The van der Waals surface area contributed by atoms with Crippen LogP contribution in [0.1, 0.15) is 32.4 Å². The summed E-state index contributed by atoms with van der Waals surface area (Å²) in [4.78, 5) is 6.82. The van der Waals surface area contributed by atoms with Gasteiger partial charge < -0.3 is 20.1 Å². The Kier molecular flexibility index (Phi) is 9.66. The molecule has 1 saturated heterocycles. The Bertz CT molecular complexity index is 542. The lowest BCUT2D eigenvalue weighted by Crippen LogP contribution is -2.50. The van der Waals surface area contributed by atoms with Gasteiger partial charge in [0.1, 0.15) is 11.9 Å². The van der Waals surface area contributed by atoms with Crippen LogP contribution >= 0.6 is 24.0 Å². The predicted molar refractivity (Wildman–Crippen MR) is 109 cm³/mol. The van der Waals surface area contributed by atoms with Gasteiger partial charge in [-0.1, -0.05) is 19.1 Å². The predicted octanol–water partition coefficient (Wildman–Crippen LogP) is 2.80. The summed E-state index contributed by atoms with van der Waals surface area (Å²) in [5.74, 6) is 0.720. The van der Waals surface area contributed by atoms with E-state index in [2.05, 4.69) is 15.2 Å². The van der Waals surface area contributed by atoms with Gasteiger partial charge in [-0.25, -0.2) is 4.39 Å². The lowest BCUT2D eigenvalue weighted by atomic mass is 10.1. The zero-order valence-electron chi connectivity index (χ0n) is 15.1. The van der Waals surface area contributed by atoms with E-state index in [1.807, 2.05) is 20.8 Å². The highest BCUT2D eigenvalue weighted by molar-refractivity contribution is 14.0. The van der Waals surface area contributed by atoms with Gasteiger partial charge in [0.05, 0.1) is 12.6 Å². The van der Waals surface area contributed by atoms with Crippen molar-refractivity contribution < 1.29 is 14.2 Å². The molecule has 2 N–H and O–H groups in total. The van der Waals surface area contributed by atoms with Crippen LogP contribution in [0, 0.1) is 11.7 Å². The molecule has 1 aliphatic heterocycles. The number of nitrogens with one attached hydrogen (secondary N) is 1. The highest BCUT2D eigenvalue weighted by Crippen LogP contribution is 2.25. The summed E-state index contributed by atoms with van der Waals surface area (Å²) in [6.07, 6.45) is -0.0682. The van der Waals surface area contributed by atoms with Crippen LogP contribution in [0.4, 0.5) is 4.39 Å². The standard InChI is InChI=1S/C18H28FN3O2.HI/c1-4-20-18(21-9-13(2)12-23)22-10-14(3)24-17(11-22)15-5-7-16(19)8-6-15;/h5-8,13-14,17,23H,4,9-12H2,1-3H3,(H,20,21);1H. The number of aliphatic hydroxyl groups excluding tert-OH is 1. The van der Waals surface area contributed by atoms with Gasteiger partial charge in [0.15, 0.2) is 5.96 Å². The molecule has 1 aromatic carbocycles. The first-order valence-corrected chi connectivity index (χ1v) is 8.58. The summed E-state index contributed by atoms with van der Waals surface area (Å²) in [6.45, 7) is 8.92. The molecular formula is C18H29FIN3O2. The lowest BCUT2D eigenvalue weighted by Gasteiger charge is -2.38. The zero-order valence-corrected chi connectivity index (χ0v) is 17.4. The fraction of sp³-hybridized carbons (Fsp3) is 0.611. The maximum Gasteiger partial charge on any atom is 0.194 e. The molecule has 1 aromatic rings. The molecule has 0 amide bonds. The zero-order chi connectivity index (χ0) is 17.5. The van der Waals surface area contributed by atoms with Crippen molar-refractivity contribution in [2.45, 2.75) is 33.0 Å². The maximum atomic E-state index is 13.1. The van der Waals surface area contributed by atoms with Crippen LogP contribution < -0.4 is 5.32 Å². The van der Waals surface area contributed by atoms with Crippen LogP contribution in [-0.2, 0) is 4.74 Å². The minimum atomic E-state index is -0.243. The number of hydrogen-bond donors (Lipinski definition) is 2. The van der Waals surface area contributed by atoms with E-state index in [-0.39, 0.29) is 54.5 Å². The number of aliphatic imine (C=N–C) groups is 1. The van der Waals surface area contributed by atoms with Crippen molar-refractivity contribution in [1.29, 1.82) is 0 Å². The van der Waals surface area contributed by atoms with Gasteiger partial charge in [-0.2, -0.15) is 0 Å². The average molecular weight is 465 g/mol. The Balaban J connectivity index is 0.00000312. The molecular weight excluding hydrogens is 436 g/mol. The summed E-state index contributed by atoms with van der Waals surface area (Å²) in [7, 11) is 0. The van der Waals surface area contributed by atoms with Crippen molar-refractivity contribution in [3.63, 3.8) is 0 Å². The van der Waals surface area contributed by atoms with Gasteiger partial charge in [0.25, 0.3) is 0 Å². The first-order valence-electron chi connectivity index (χ1n) is 8.58. The molecule has 2 rings (SSSR count). The van der Waals surface area contributed by atoms with Crippen LogP contribution in [-0.4, -0.2) is 54.9 Å². The van der Waals surface area contributed by atoms with Gasteiger partial charge in [-0.05, 0) is 37.5 Å². The molecule has 0 aromatic heterocycles. The third-order valence-electron chi connectivity index (χ3n) is 4.00. The van der Waals surface area contributed by atoms with E-state index in [9.17, 15) is 9.50 Å². The van der Waals surface area contributed by atoms with Crippen molar-refractivity contribution >= 4 is 29.9 Å². The molecule has 1 aliphatic rings. The van der Waals surface area contributed by atoms with Crippen LogP contribution in [0.25, 0.3) is 0 Å². The molecule has 1 heterocycles. The summed E-state index contributed by atoms with van der Waals surface area (Å²) in [6, 6.07) is 6.47. The van der Waals surface area contributed by atoms with Gasteiger partial charge in [-0.3, -0.25) is 4.99 Å². The number of aliphatic hydroxyl groups is 1. The third-order valence-corrected chi connectivity index (χ3v) is 4.00. The van der Waals surface area contributed by atoms with E-state index >= 15 is 0 Å². The Morgan fingerprint density at radius 2 is 2.08 bits per heavy atom. The number of nitrogens with zero attached hydrogens (tertiary/aromatic N) is 2. The lowest BCUT2D eigenvalue weighted by molar-refractivity contribution is -0.0605. The summed E-state index contributed by atoms with van der Waals surface area (Å²) in [5, 5.41) is 12.5. The van der Waals surface area contributed by atoms with Crippen LogP contribution in [0.5, 0.6) is 0 Å². The van der Waals surface area contributed by atoms with Crippen LogP contribution in [0.15, 0.2) is 29.3 Å². The Morgan fingerprint density at radius 3 is 2.68 bits per heavy atom. The molecule has 1 fully saturated rings. The molecule has 3 unspecified atom stereocenters. The van der Waals surface area contributed by atoms with Gasteiger partial charge in [-0.15, -0.1) is 24.0 Å². The normalized spacial score (nSPS) is 22.3. The SMILES string of the molecule is CCNC(=NCC(C)CO)N1CC(C)OC(c2ccc(F)cc2)C1.I. The van der Waals surface area contributed by atoms with E-state index in [4.69, 9.17) is 4.74 Å². The first kappa shape index (κ1) is 22.1. The Labute approximate surface area is 166 Å². The van der Waals surface area contributed by atoms with Crippen molar-refractivity contribution in [2.75, 3.05) is 32.8 Å². The molecule has 142 valence electrons. The second-order valence-electron chi connectivity index (χ2n) is 6.37. The monoisotopic (exact) mass is 465 g/mol. The number of guanidine groups is 1. The molecule has 0 radical (unpaired) electrons. The Morgan fingerprint density at radius 1 is 1.40 bits per heavy atom. The maximum absolute atomic E-state index is 13.1. The molecule has 25 heavy (non-hydrogen) atoms. The molecule has 7 heteroatoms. The number of morpholine rings is 1. The second-order valence-corrected chi connectivity index (χ2v) is 6.37. The molecule has 3 atom stereocenters. The smallest absolute Gasteiger partial charge is 0.194 e.